The molecule has 2 aliphatic carbocycles. The molecule has 2 aromatic carbocycles. The SMILES string of the molecule is CCOc1cc(C2C3=C(CC(C)(C)CC3=O)N(C)C3=C2C(=O)CC(C)(C)C3)ccc1OCc1ccc(Cl)cc1. The molecule has 0 spiro atoms. The van der Waals surface area contributed by atoms with E-state index in [9.17, 15) is 9.59 Å². The van der Waals surface area contributed by atoms with Crippen molar-refractivity contribution in [2.75, 3.05) is 13.7 Å². The quantitative estimate of drug-likeness (QED) is 0.372. The zero-order valence-electron chi connectivity index (χ0n) is 23.8. The molecule has 5 nitrogen and oxygen atoms in total. The molecule has 0 amide bonds. The second kappa shape index (κ2) is 10.2. The van der Waals surface area contributed by atoms with Gasteiger partial charge in [-0.15, -0.1) is 0 Å². The van der Waals surface area contributed by atoms with Gasteiger partial charge in [-0.05, 0) is 66.0 Å². The van der Waals surface area contributed by atoms with Crippen LogP contribution in [0.1, 0.15) is 77.3 Å². The Morgan fingerprint density at radius 2 is 1.38 bits per heavy atom. The first-order chi connectivity index (χ1) is 18.4. The molecule has 0 bridgehead atoms. The molecule has 2 aromatic rings. The lowest BCUT2D eigenvalue weighted by atomic mass is 9.64. The van der Waals surface area contributed by atoms with Gasteiger partial charge in [0.25, 0.3) is 0 Å². The predicted molar refractivity (Wildman–Crippen MR) is 154 cm³/mol. The number of ketones is 2. The van der Waals surface area contributed by atoms with Crippen LogP contribution in [0.4, 0.5) is 0 Å². The second-order valence-corrected chi connectivity index (χ2v) is 13.1. The average molecular weight is 548 g/mol. The van der Waals surface area contributed by atoms with Crippen LogP contribution in [0.5, 0.6) is 11.5 Å². The van der Waals surface area contributed by atoms with E-state index in [2.05, 4.69) is 32.6 Å². The van der Waals surface area contributed by atoms with Crippen LogP contribution in [0, 0.1) is 10.8 Å². The van der Waals surface area contributed by atoms with E-state index < -0.39 is 5.92 Å². The first-order valence-electron chi connectivity index (χ1n) is 13.8. The summed E-state index contributed by atoms with van der Waals surface area (Å²) in [5.74, 6) is 1.09. The van der Waals surface area contributed by atoms with Crippen molar-refractivity contribution in [1.82, 2.24) is 4.90 Å². The Balaban J connectivity index is 1.59. The summed E-state index contributed by atoms with van der Waals surface area (Å²) in [5.41, 5.74) is 5.26. The van der Waals surface area contributed by atoms with Gasteiger partial charge in [-0.3, -0.25) is 9.59 Å². The molecule has 1 aliphatic heterocycles. The van der Waals surface area contributed by atoms with Gasteiger partial charge in [0.05, 0.1) is 6.61 Å². The topological polar surface area (TPSA) is 55.8 Å². The minimum absolute atomic E-state index is 0.128. The smallest absolute Gasteiger partial charge is 0.162 e. The molecule has 3 aliphatic rings. The van der Waals surface area contributed by atoms with Crippen molar-refractivity contribution in [3.05, 3.63) is 81.2 Å². The van der Waals surface area contributed by atoms with E-state index in [4.69, 9.17) is 21.1 Å². The molecule has 0 radical (unpaired) electrons. The maximum absolute atomic E-state index is 13.8. The van der Waals surface area contributed by atoms with E-state index in [0.29, 0.717) is 42.6 Å². The summed E-state index contributed by atoms with van der Waals surface area (Å²) < 4.78 is 12.2. The molecule has 0 saturated heterocycles. The van der Waals surface area contributed by atoms with E-state index in [1.165, 1.54) is 0 Å². The lowest BCUT2D eigenvalue weighted by Crippen LogP contribution is -2.43. The molecular weight excluding hydrogens is 510 g/mol. The summed E-state index contributed by atoms with van der Waals surface area (Å²) in [5, 5.41) is 0.680. The summed E-state index contributed by atoms with van der Waals surface area (Å²) in [7, 11) is 2.03. The Hall–Kier alpha value is -3.05. The van der Waals surface area contributed by atoms with Crippen LogP contribution in [0.2, 0.25) is 5.02 Å². The first kappa shape index (κ1) is 27.5. The van der Waals surface area contributed by atoms with Crippen molar-refractivity contribution in [1.29, 1.82) is 0 Å². The van der Waals surface area contributed by atoms with Crippen molar-refractivity contribution >= 4 is 23.2 Å². The highest BCUT2D eigenvalue weighted by Crippen LogP contribution is 2.54. The standard InChI is InChI=1S/C33H38ClNO4/c1-7-38-28-14-21(10-13-27(28)39-19-20-8-11-22(34)12-9-20)29-30-23(15-32(2,3)17-25(30)36)35(6)24-16-33(4,5)18-26(37)31(24)29/h8-14,29H,7,15-19H2,1-6H3. The second-order valence-electron chi connectivity index (χ2n) is 12.6. The third-order valence-electron chi connectivity index (χ3n) is 8.09. The van der Waals surface area contributed by atoms with Gasteiger partial charge in [-0.1, -0.05) is 57.5 Å². The van der Waals surface area contributed by atoms with Gasteiger partial charge in [0.15, 0.2) is 23.1 Å². The van der Waals surface area contributed by atoms with Crippen LogP contribution < -0.4 is 9.47 Å². The van der Waals surface area contributed by atoms with Crippen molar-refractivity contribution in [3.8, 4) is 11.5 Å². The third-order valence-corrected chi connectivity index (χ3v) is 8.34. The summed E-state index contributed by atoms with van der Waals surface area (Å²) in [6.07, 6.45) is 2.54. The summed E-state index contributed by atoms with van der Waals surface area (Å²) in [6, 6.07) is 13.4. The summed E-state index contributed by atoms with van der Waals surface area (Å²) >= 11 is 6.03. The zero-order valence-corrected chi connectivity index (χ0v) is 24.6. The highest BCUT2D eigenvalue weighted by atomic mass is 35.5. The number of hydrogen-bond acceptors (Lipinski definition) is 5. The van der Waals surface area contributed by atoms with Crippen molar-refractivity contribution in [3.63, 3.8) is 0 Å². The Morgan fingerprint density at radius 1 is 0.821 bits per heavy atom. The van der Waals surface area contributed by atoms with E-state index >= 15 is 0 Å². The molecule has 0 unspecified atom stereocenters. The largest absolute Gasteiger partial charge is 0.490 e. The molecule has 5 rings (SSSR count). The number of allylic oxidation sites excluding steroid dienone is 4. The predicted octanol–water partition coefficient (Wildman–Crippen LogP) is 7.63. The fourth-order valence-corrected chi connectivity index (χ4v) is 6.46. The van der Waals surface area contributed by atoms with Gasteiger partial charge in [0, 0.05) is 53.4 Å². The Kier molecular flexibility index (Phi) is 7.17. The van der Waals surface area contributed by atoms with Crippen LogP contribution in [-0.4, -0.2) is 30.1 Å². The molecule has 39 heavy (non-hydrogen) atoms. The lowest BCUT2D eigenvalue weighted by Gasteiger charge is -2.47. The van der Waals surface area contributed by atoms with Gasteiger partial charge in [-0.2, -0.15) is 0 Å². The molecule has 0 aromatic heterocycles. The van der Waals surface area contributed by atoms with Gasteiger partial charge >= 0.3 is 0 Å². The molecular formula is C33H38ClNO4. The highest BCUT2D eigenvalue weighted by Gasteiger charge is 2.48. The number of nitrogens with zero attached hydrogens (tertiary/aromatic N) is 1. The van der Waals surface area contributed by atoms with Crippen LogP contribution in [0.3, 0.4) is 0 Å². The van der Waals surface area contributed by atoms with E-state index in [-0.39, 0.29) is 22.4 Å². The number of benzene rings is 2. The van der Waals surface area contributed by atoms with Crippen molar-refractivity contribution in [2.24, 2.45) is 10.8 Å². The fraction of sp³-hybridized carbons (Fsp3) is 0.455. The van der Waals surface area contributed by atoms with Crippen LogP contribution in [0.15, 0.2) is 65.0 Å². The Morgan fingerprint density at radius 3 is 1.92 bits per heavy atom. The average Bonchev–Trinajstić information content (AvgIpc) is 2.84. The van der Waals surface area contributed by atoms with Gasteiger partial charge in [-0.25, -0.2) is 0 Å². The van der Waals surface area contributed by atoms with Crippen molar-refractivity contribution < 1.29 is 19.1 Å². The highest BCUT2D eigenvalue weighted by molar-refractivity contribution is 6.30. The molecule has 0 saturated carbocycles. The molecule has 0 N–H and O–H groups in total. The monoisotopic (exact) mass is 547 g/mol. The van der Waals surface area contributed by atoms with Crippen LogP contribution in [0.25, 0.3) is 0 Å². The van der Waals surface area contributed by atoms with Gasteiger partial charge in [0.2, 0.25) is 0 Å². The normalized spacial score (nSPS) is 20.6. The summed E-state index contributed by atoms with van der Waals surface area (Å²) in [6.45, 7) is 11.4. The Bertz CT molecular complexity index is 1330. The number of ether oxygens (including phenoxy) is 2. The number of hydrogen-bond donors (Lipinski definition) is 0. The number of halogens is 1. The van der Waals surface area contributed by atoms with Gasteiger partial charge < -0.3 is 14.4 Å². The molecule has 0 atom stereocenters. The maximum Gasteiger partial charge on any atom is 0.162 e. The molecule has 6 heteroatoms. The third kappa shape index (κ3) is 5.38. The van der Waals surface area contributed by atoms with Crippen molar-refractivity contribution in [2.45, 2.75) is 72.8 Å². The summed E-state index contributed by atoms with van der Waals surface area (Å²) in [4.78, 5) is 29.7. The number of rotatable bonds is 6. The number of Topliss-reactive ketones (excluding diaryl/α,β-unsaturated/α-hetero) is 2. The van der Waals surface area contributed by atoms with E-state index in [0.717, 1.165) is 46.5 Å². The molecule has 206 valence electrons. The minimum atomic E-state index is -0.400. The maximum atomic E-state index is 13.8. The lowest BCUT2D eigenvalue weighted by molar-refractivity contribution is -0.119. The Labute approximate surface area is 236 Å². The first-order valence-corrected chi connectivity index (χ1v) is 14.2. The number of carbonyl (C=O) groups excluding carboxylic acids is 2. The van der Waals surface area contributed by atoms with Crippen LogP contribution in [-0.2, 0) is 16.2 Å². The zero-order chi connectivity index (χ0) is 28.1. The van der Waals surface area contributed by atoms with E-state index in [1.54, 1.807) is 0 Å². The van der Waals surface area contributed by atoms with Gasteiger partial charge in [0.1, 0.15) is 6.61 Å². The molecule has 0 fully saturated rings. The van der Waals surface area contributed by atoms with E-state index in [1.807, 2.05) is 56.4 Å². The molecule has 1 heterocycles. The fourth-order valence-electron chi connectivity index (χ4n) is 6.33. The minimum Gasteiger partial charge on any atom is -0.490 e. The van der Waals surface area contributed by atoms with Crippen LogP contribution >= 0.6 is 11.6 Å². The number of carbonyl (C=O) groups is 2.